The lowest BCUT2D eigenvalue weighted by molar-refractivity contribution is 1.36. The third-order valence-electron chi connectivity index (χ3n) is 6.11. The average molecular weight is 399 g/mol. The summed E-state index contributed by atoms with van der Waals surface area (Å²) in [5.41, 5.74) is 8.89. The van der Waals surface area contributed by atoms with Crippen LogP contribution in [0.15, 0.2) is 22.6 Å². The number of hydrogen-bond acceptors (Lipinski definition) is 2. The quantitative estimate of drug-likeness (QED) is 0.458. The zero-order chi connectivity index (χ0) is 19.4. The van der Waals surface area contributed by atoms with E-state index in [-0.39, 0.29) is 0 Å². The van der Waals surface area contributed by atoms with Gasteiger partial charge in [0.1, 0.15) is 8.07 Å². The zero-order valence-electron chi connectivity index (χ0n) is 17.5. The van der Waals surface area contributed by atoms with Gasteiger partial charge in [0.05, 0.1) is 0 Å². The van der Waals surface area contributed by atoms with E-state index in [0.29, 0.717) is 0 Å². The summed E-state index contributed by atoms with van der Waals surface area (Å²) in [6.45, 7) is 21.0. The molecule has 3 heteroatoms. The van der Waals surface area contributed by atoms with E-state index in [1.54, 1.807) is 10.4 Å². The predicted octanol–water partition coefficient (Wildman–Crippen LogP) is 8.12. The molecule has 2 aromatic heterocycles. The molecule has 138 valence electrons. The van der Waals surface area contributed by atoms with Crippen LogP contribution in [-0.4, -0.2) is 8.07 Å². The second kappa shape index (κ2) is 6.77. The summed E-state index contributed by atoms with van der Waals surface area (Å²) in [5.74, 6) is 0. The summed E-state index contributed by atoms with van der Waals surface area (Å²) in [7, 11) is -1.73. The fourth-order valence-corrected chi connectivity index (χ4v) is 12.5. The molecule has 0 amide bonds. The van der Waals surface area contributed by atoms with Gasteiger partial charge < -0.3 is 0 Å². The van der Waals surface area contributed by atoms with Crippen LogP contribution in [0.3, 0.4) is 0 Å². The summed E-state index contributed by atoms with van der Waals surface area (Å²) >= 11 is 3.93. The van der Waals surface area contributed by atoms with Crippen molar-refractivity contribution < 1.29 is 0 Å². The third-order valence-corrected chi connectivity index (χ3v) is 12.8. The first-order valence-electron chi connectivity index (χ1n) is 9.34. The molecule has 0 atom stereocenters. The van der Waals surface area contributed by atoms with Crippen LogP contribution in [-0.2, 0) is 0 Å². The summed E-state index contributed by atoms with van der Waals surface area (Å²) in [5, 5.41) is 5.66. The highest BCUT2D eigenvalue weighted by Crippen LogP contribution is 2.52. The summed E-state index contributed by atoms with van der Waals surface area (Å²) < 4.78 is 0. The molecular weight excluding hydrogens is 368 g/mol. The molecule has 0 nitrogen and oxygen atoms in total. The molecular formula is C23H30S2Si. The molecule has 0 N–H and O–H groups in total. The second-order valence-corrected chi connectivity index (χ2v) is 14.2. The van der Waals surface area contributed by atoms with E-state index in [0.717, 1.165) is 0 Å². The van der Waals surface area contributed by atoms with Gasteiger partial charge in [0.15, 0.2) is 0 Å². The maximum atomic E-state index is 2.55. The minimum atomic E-state index is -1.73. The Morgan fingerprint density at radius 1 is 0.808 bits per heavy atom. The van der Waals surface area contributed by atoms with E-state index in [4.69, 9.17) is 0 Å². The van der Waals surface area contributed by atoms with Crippen molar-refractivity contribution in [1.82, 2.24) is 0 Å². The molecule has 0 spiro atoms. The molecule has 3 heterocycles. The standard InChI is InChI=1S/C23H30S2Si/c1-10-11-19-15(4)16(5)21(25-19)23-18(7)17(6)22(26(23,8)9)20-14(3)13(2)12-24-20/h10-12H,1-9H3/b11-10+. The van der Waals surface area contributed by atoms with Crippen LogP contribution in [0.4, 0.5) is 0 Å². The van der Waals surface area contributed by atoms with Gasteiger partial charge in [0, 0.05) is 14.6 Å². The molecule has 0 aliphatic carbocycles. The Balaban J connectivity index is 2.21. The smallest absolute Gasteiger partial charge is 0.116 e. The lowest BCUT2D eigenvalue weighted by Crippen LogP contribution is -2.28. The molecule has 0 fully saturated rings. The van der Waals surface area contributed by atoms with Gasteiger partial charge in [-0.15, -0.1) is 22.7 Å². The Morgan fingerprint density at radius 2 is 1.38 bits per heavy atom. The first-order chi connectivity index (χ1) is 12.1. The van der Waals surface area contributed by atoms with Crippen LogP contribution in [0.1, 0.15) is 57.7 Å². The highest BCUT2D eigenvalue weighted by molar-refractivity contribution is 7.22. The number of thiophene rings is 2. The maximum Gasteiger partial charge on any atom is 0.116 e. The van der Waals surface area contributed by atoms with Crippen LogP contribution >= 0.6 is 22.7 Å². The molecule has 3 rings (SSSR count). The average Bonchev–Trinajstić information content (AvgIpc) is 3.09. The first kappa shape index (κ1) is 19.6. The molecule has 26 heavy (non-hydrogen) atoms. The Hall–Kier alpha value is -1.16. The Labute approximate surface area is 168 Å². The molecule has 0 saturated carbocycles. The molecule has 0 radical (unpaired) electrons. The second-order valence-electron chi connectivity index (χ2n) is 8.04. The minimum Gasteiger partial charge on any atom is -0.144 e. The van der Waals surface area contributed by atoms with Crippen LogP contribution < -0.4 is 0 Å². The number of allylic oxidation sites excluding steroid dienone is 3. The SMILES string of the molecule is C/C=C/c1sc(C2=C(C)C(C)=C(c3scc(C)c3C)[Si]2(C)C)c(C)c1C. The maximum absolute atomic E-state index is 2.55. The van der Waals surface area contributed by atoms with Gasteiger partial charge >= 0.3 is 0 Å². The fraction of sp³-hybridized carbons (Fsp3) is 0.391. The van der Waals surface area contributed by atoms with Crippen molar-refractivity contribution in [3.05, 3.63) is 59.5 Å². The molecule has 0 aromatic carbocycles. The van der Waals surface area contributed by atoms with E-state index >= 15 is 0 Å². The van der Waals surface area contributed by atoms with E-state index in [9.17, 15) is 0 Å². The van der Waals surface area contributed by atoms with Gasteiger partial charge in [-0.3, -0.25) is 0 Å². The Kier molecular flexibility index (Phi) is 5.11. The summed E-state index contributed by atoms with van der Waals surface area (Å²) in [6.07, 6.45) is 4.43. The number of hydrogen-bond donors (Lipinski definition) is 0. The van der Waals surface area contributed by atoms with Crippen LogP contribution in [0, 0.1) is 27.7 Å². The van der Waals surface area contributed by atoms with Crippen molar-refractivity contribution in [3.63, 3.8) is 0 Å². The number of rotatable bonds is 3. The summed E-state index contributed by atoms with van der Waals surface area (Å²) in [4.78, 5) is 4.48. The van der Waals surface area contributed by atoms with E-state index in [1.165, 1.54) is 48.0 Å². The molecule has 0 bridgehead atoms. The van der Waals surface area contributed by atoms with Gasteiger partial charge in [-0.05, 0) is 104 Å². The minimum absolute atomic E-state index is 1.42. The highest BCUT2D eigenvalue weighted by atomic mass is 32.1. The highest BCUT2D eigenvalue weighted by Gasteiger charge is 2.42. The monoisotopic (exact) mass is 398 g/mol. The van der Waals surface area contributed by atoms with Gasteiger partial charge in [-0.2, -0.15) is 0 Å². The van der Waals surface area contributed by atoms with E-state index in [1.807, 2.05) is 22.7 Å². The molecule has 1 aliphatic rings. The van der Waals surface area contributed by atoms with Gasteiger partial charge in [-0.1, -0.05) is 19.2 Å². The predicted molar refractivity (Wildman–Crippen MR) is 125 cm³/mol. The molecule has 0 saturated heterocycles. The molecule has 2 aromatic rings. The normalized spacial score (nSPS) is 17.3. The van der Waals surface area contributed by atoms with E-state index < -0.39 is 8.07 Å². The number of aryl methyl sites for hydroxylation is 1. The zero-order valence-corrected chi connectivity index (χ0v) is 20.2. The molecule has 0 unspecified atom stereocenters. The van der Waals surface area contributed by atoms with Crippen LogP contribution in [0.25, 0.3) is 16.5 Å². The molecule has 1 aliphatic heterocycles. The largest absolute Gasteiger partial charge is 0.144 e. The van der Waals surface area contributed by atoms with Crippen molar-refractivity contribution in [1.29, 1.82) is 0 Å². The van der Waals surface area contributed by atoms with Crippen molar-refractivity contribution >= 4 is 47.2 Å². The topological polar surface area (TPSA) is 0 Å². The summed E-state index contributed by atoms with van der Waals surface area (Å²) in [6, 6.07) is 0. The Bertz CT molecular complexity index is 974. The van der Waals surface area contributed by atoms with Crippen LogP contribution in [0.2, 0.25) is 13.1 Å². The van der Waals surface area contributed by atoms with Crippen molar-refractivity contribution in [2.45, 2.75) is 61.6 Å². The van der Waals surface area contributed by atoms with Crippen molar-refractivity contribution in [2.75, 3.05) is 0 Å². The van der Waals surface area contributed by atoms with Gasteiger partial charge in [0.2, 0.25) is 0 Å². The Morgan fingerprint density at radius 3 is 1.88 bits per heavy atom. The van der Waals surface area contributed by atoms with Gasteiger partial charge in [0.25, 0.3) is 0 Å². The first-order valence-corrected chi connectivity index (χ1v) is 14.0. The van der Waals surface area contributed by atoms with Crippen molar-refractivity contribution in [2.24, 2.45) is 0 Å². The fourth-order valence-electron chi connectivity index (χ4n) is 4.26. The lowest BCUT2D eigenvalue weighted by Gasteiger charge is -2.25. The van der Waals surface area contributed by atoms with E-state index in [2.05, 4.69) is 79.1 Å². The lowest BCUT2D eigenvalue weighted by atomic mass is 10.0. The van der Waals surface area contributed by atoms with Gasteiger partial charge in [-0.25, -0.2) is 0 Å². The third kappa shape index (κ3) is 2.76. The van der Waals surface area contributed by atoms with Crippen LogP contribution in [0.5, 0.6) is 0 Å². The van der Waals surface area contributed by atoms with Crippen molar-refractivity contribution in [3.8, 4) is 0 Å².